The van der Waals surface area contributed by atoms with Crippen LogP contribution >= 0.6 is 0 Å². The quantitative estimate of drug-likeness (QED) is 0.215. The van der Waals surface area contributed by atoms with Crippen molar-refractivity contribution < 1.29 is 25.9 Å². The number of benzene rings is 4. The second-order valence-corrected chi connectivity index (χ2v) is 14.3. The molecular formula is C35H36N4O6S2. The van der Waals surface area contributed by atoms with Crippen LogP contribution in [0.3, 0.4) is 0 Å². The Balaban J connectivity index is 0.000000164. The van der Waals surface area contributed by atoms with E-state index in [9.17, 15) is 16.8 Å². The van der Waals surface area contributed by atoms with Crippen molar-refractivity contribution in [2.24, 2.45) is 5.92 Å². The first-order chi connectivity index (χ1) is 22.4. The van der Waals surface area contributed by atoms with Gasteiger partial charge in [0.15, 0.2) is 5.82 Å². The predicted molar refractivity (Wildman–Crippen MR) is 183 cm³/mol. The zero-order chi connectivity index (χ0) is 33.6. The van der Waals surface area contributed by atoms with Gasteiger partial charge in [-0.15, -0.1) is 10.2 Å². The van der Waals surface area contributed by atoms with Crippen molar-refractivity contribution in [1.82, 2.24) is 10.2 Å². The zero-order valence-electron chi connectivity index (χ0n) is 26.0. The van der Waals surface area contributed by atoms with Crippen LogP contribution in [0.15, 0.2) is 131 Å². The van der Waals surface area contributed by atoms with Crippen LogP contribution in [-0.4, -0.2) is 61.8 Å². The molecule has 1 aromatic heterocycles. The Kier molecular flexibility index (Phi) is 10.4. The van der Waals surface area contributed by atoms with Crippen molar-refractivity contribution in [1.29, 1.82) is 0 Å². The van der Waals surface area contributed by atoms with E-state index in [0.717, 1.165) is 53.8 Å². The molecule has 2 aliphatic heterocycles. The summed E-state index contributed by atoms with van der Waals surface area (Å²) in [6.45, 7) is 6.96. The number of aryl methyl sites for hydroxylation is 2. The van der Waals surface area contributed by atoms with E-state index in [1.54, 1.807) is 24.3 Å². The number of para-hydroxylation sites is 1. The summed E-state index contributed by atoms with van der Waals surface area (Å²) in [4.78, 5) is 4.75. The van der Waals surface area contributed by atoms with Crippen LogP contribution in [0, 0.1) is 19.8 Å². The number of fused-ring (bicyclic) bond motifs is 1. The van der Waals surface area contributed by atoms with E-state index in [1.165, 1.54) is 30.0 Å². The molecule has 244 valence electrons. The van der Waals surface area contributed by atoms with Crippen molar-refractivity contribution >= 4 is 31.7 Å². The fourth-order valence-corrected chi connectivity index (χ4v) is 6.37. The average molecular weight is 673 g/mol. The van der Waals surface area contributed by atoms with Gasteiger partial charge in [-0.2, -0.15) is 16.8 Å². The summed E-state index contributed by atoms with van der Waals surface area (Å²) in [6, 6.07) is 37.6. The van der Waals surface area contributed by atoms with E-state index < -0.39 is 20.2 Å². The summed E-state index contributed by atoms with van der Waals surface area (Å²) in [5.74, 6) is 1.73. The maximum absolute atomic E-state index is 10.5. The predicted octanol–water partition coefficient (Wildman–Crippen LogP) is 5.95. The summed E-state index contributed by atoms with van der Waals surface area (Å²) in [7, 11) is -8.04. The van der Waals surface area contributed by atoms with Gasteiger partial charge < -0.3 is 9.80 Å². The average Bonchev–Trinajstić information content (AvgIpc) is 3.38. The Morgan fingerprint density at radius 3 is 1.57 bits per heavy atom. The van der Waals surface area contributed by atoms with Gasteiger partial charge in [-0.25, -0.2) is 0 Å². The molecule has 12 heteroatoms. The summed E-state index contributed by atoms with van der Waals surface area (Å²) >= 11 is 0. The smallest absolute Gasteiger partial charge is 0.294 e. The topological polar surface area (TPSA) is 141 Å². The highest BCUT2D eigenvalue weighted by atomic mass is 32.2. The molecule has 0 saturated carbocycles. The number of anilines is 2. The van der Waals surface area contributed by atoms with E-state index in [-0.39, 0.29) is 9.79 Å². The van der Waals surface area contributed by atoms with E-state index in [0.29, 0.717) is 6.04 Å². The zero-order valence-corrected chi connectivity index (χ0v) is 27.6. The van der Waals surface area contributed by atoms with Gasteiger partial charge >= 0.3 is 0 Å². The number of hydrogen-bond donors (Lipinski definition) is 2. The Morgan fingerprint density at radius 1 is 0.596 bits per heavy atom. The third kappa shape index (κ3) is 8.80. The van der Waals surface area contributed by atoms with Gasteiger partial charge in [0.05, 0.1) is 21.5 Å². The van der Waals surface area contributed by atoms with Gasteiger partial charge in [0.1, 0.15) is 0 Å². The van der Waals surface area contributed by atoms with Gasteiger partial charge in [0.2, 0.25) is 0 Å². The highest BCUT2D eigenvalue weighted by Crippen LogP contribution is 2.37. The molecule has 3 heterocycles. The minimum Gasteiger partial charge on any atom is -0.369 e. The van der Waals surface area contributed by atoms with Crippen molar-refractivity contribution in [3.63, 3.8) is 0 Å². The maximum atomic E-state index is 10.5. The minimum atomic E-state index is -4.02. The lowest BCUT2D eigenvalue weighted by atomic mass is 9.92. The second kappa shape index (κ2) is 14.4. The standard InChI is InChI=1S/C21H20N4.2C7H8O3S/c1-3-7-16(8-4-1)19-11-12-21(23-22-19)25-14-17-13-24(15-20(17)25)18-9-5-2-6-10-18;2*1-6-2-4-7(5-3-6)11(8,9)10/h1-12,17,20H,13-15H2;2*2-5H,1H3,(H,8,9,10)/t17-,20-;;/m1../s1. The Morgan fingerprint density at radius 2 is 1.11 bits per heavy atom. The van der Waals surface area contributed by atoms with E-state index in [4.69, 9.17) is 9.11 Å². The Labute approximate surface area is 275 Å². The second-order valence-electron chi connectivity index (χ2n) is 11.4. The monoisotopic (exact) mass is 672 g/mol. The molecule has 2 N–H and O–H groups in total. The van der Waals surface area contributed by atoms with Crippen molar-refractivity contribution in [2.45, 2.75) is 29.7 Å². The summed E-state index contributed by atoms with van der Waals surface area (Å²) in [5, 5.41) is 8.93. The van der Waals surface area contributed by atoms with Crippen LogP contribution in [0.5, 0.6) is 0 Å². The molecule has 2 fully saturated rings. The van der Waals surface area contributed by atoms with Gasteiger partial charge in [0, 0.05) is 36.8 Å². The van der Waals surface area contributed by atoms with Crippen LogP contribution in [0.25, 0.3) is 11.3 Å². The van der Waals surface area contributed by atoms with E-state index in [2.05, 4.69) is 74.6 Å². The first-order valence-electron chi connectivity index (χ1n) is 14.9. The van der Waals surface area contributed by atoms with Gasteiger partial charge in [-0.05, 0) is 62.4 Å². The number of hydrogen-bond acceptors (Lipinski definition) is 8. The molecule has 4 aromatic carbocycles. The number of nitrogens with zero attached hydrogens (tertiary/aromatic N) is 4. The van der Waals surface area contributed by atoms with Crippen molar-refractivity contribution in [3.8, 4) is 11.3 Å². The largest absolute Gasteiger partial charge is 0.369 e. The number of rotatable bonds is 5. The fraction of sp³-hybridized carbons (Fsp3) is 0.200. The Bertz CT molecular complexity index is 1900. The van der Waals surface area contributed by atoms with Gasteiger partial charge in [0.25, 0.3) is 20.2 Å². The molecule has 2 aliphatic rings. The normalized spacial score (nSPS) is 16.9. The lowest BCUT2D eigenvalue weighted by molar-refractivity contribution is 0.361. The summed E-state index contributed by atoms with van der Waals surface area (Å²) in [5.41, 5.74) is 5.27. The minimum absolute atomic E-state index is 0.0666. The maximum Gasteiger partial charge on any atom is 0.294 e. The molecule has 0 unspecified atom stereocenters. The van der Waals surface area contributed by atoms with Crippen LogP contribution in [0.2, 0.25) is 0 Å². The lowest BCUT2D eigenvalue weighted by Gasteiger charge is -2.43. The summed E-state index contributed by atoms with van der Waals surface area (Å²) < 4.78 is 59.1. The van der Waals surface area contributed by atoms with E-state index >= 15 is 0 Å². The highest BCUT2D eigenvalue weighted by molar-refractivity contribution is 7.86. The van der Waals surface area contributed by atoms with Crippen LogP contribution < -0.4 is 9.80 Å². The molecule has 5 aromatic rings. The number of aromatic nitrogens is 2. The first kappa shape index (κ1) is 33.7. The molecule has 47 heavy (non-hydrogen) atoms. The molecule has 0 amide bonds. The third-order valence-electron chi connectivity index (χ3n) is 8.01. The molecule has 0 radical (unpaired) electrons. The molecular weight excluding hydrogens is 637 g/mol. The van der Waals surface area contributed by atoms with Crippen molar-refractivity contribution in [2.75, 3.05) is 29.4 Å². The third-order valence-corrected chi connectivity index (χ3v) is 9.75. The molecule has 0 spiro atoms. The molecule has 0 bridgehead atoms. The molecule has 2 atom stereocenters. The SMILES string of the molecule is Cc1ccc(S(=O)(=O)O)cc1.Cc1ccc(S(=O)(=O)O)cc1.c1ccc(-c2ccc(N3C[C@H]4CN(c5ccccc5)C[C@H]43)nn2)cc1. The van der Waals surface area contributed by atoms with Crippen LogP contribution in [0.4, 0.5) is 11.5 Å². The van der Waals surface area contributed by atoms with E-state index in [1.807, 2.05) is 32.0 Å². The van der Waals surface area contributed by atoms with Crippen LogP contribution in [0.1, 0.15) is 11.1 Å². The van der Waals surface area contributed by atoms with Crippen LogP contribution in [-0.2, 0) is 20.2 Å². The summed E-state index contributed by atoms with van der Waals surface area (Å²) in [6.07, 6.45) is 0. The first-order valence-corrected chi connectivity index (χ1v) is 17.8. The lowest BCUT2D eigenvalue weighted by Crippen LogP contribution is -2.56. The molecule has 0 aliphatic carbocycles. The Hall–Kier alpha value is -4.62. The van der Waals surface area contributed by atoms with Gasteiger partial charge in [-0.1, -0.05) is 83.9 Å². The fourth-order valence-electron chi connectivity index (χ4n) is 5.41. The highest BCUT2D eigenvalue weighted by Gasteiger charge is 2.46. The van der Waals surface area contributed by atoms with Gasteiger partial charge in [-0.3, -0.25) is 9.11 Å². The van der Waals surface area contributed by atoms with Crippen molar-refractivity contribution in [3.05, 3.63) is 132 Å². The molecule has 10 nitrogen and oxygen atoms in total. The molecule has 2 saturated heterocycles. The molecule has 7 rings (SSSR count).